The van der Waals surface area contributed by atoms with E-state index in [0.29, 0.717) is 5.82 Å². The quantitative estimate of drug-likeness (QED) is 0.743. The van der Waals surface area contributed by atoms with Gasteiger partial charge in [-0.1, -0.05) is 6.08 Å². The molecule has 4 heteroatoms. The minimum Gasteiger partial charge on any atom is -0.384 e. The topological polar surface area (TPSA) is 82.0 Å². The summed E-state index contributed by atoms with van der Waals surface area (Å²) in [5.74, 6) is 0.116. The summed E-state index contributed by atoms with van der Waals surface area (Å²) in [5, 5.41) is 0. The van der Waals surface area contributed by atoms with Crippen LogP contribution in [0.5, 0.6) is 0 Å². The normalized spacial score (nSPS) is 10.6. The van der Waals surface area contributed by atoms with Gasteiger partial charge in [0, 0.05) is 6.42 Å². The van der Waals surface area contributed by atoms with Crippen LogP contribution in [0.4, 0.5) is 5.82 Å². The SMILES string of the molecule is Cc1cc(N)nc(C=CCC(N)=O)c1. The summed E-state index contributed by atoms with van der Waals surface area (Å²) in [5.41, 5.74) is 12.3. The van der Waals surface area contributed by atoms with Gasteiger partial charge in [-0.2, -0.15) is 0 Å². The number of pyridine rings is 1. The van der Waals surface area contributed by atoms with Crippen molar-refractivity contribution in [3.8, 4) is 0 Å². The van der Waals surface area contributed by atoms with Crippen molar-refractivity contribution in [2.45, 2.75) is 13.3 Å². The van der Waals surface area contributed by atoms with Gasteiger partial charge in [0.25, 0.3) is 0 Å². The highest BCUT2D eigenvalue weighted by Gasteiger charge is 1.94. The van der Waals surface area contributed by atoms with Crippen molar-refractivity contribution >= 4 is 17.8 Å². The summed E-state index contributed by atoms with van der Waals surface area (Å²) in [7, 11) is 0. The Labute approximate surface area is 82.6 Å². The van der Waals surface area contributed by atoms with Gasteiger partial charge in [0.05, 0.1) is 5.69 Å². The number of rotatable bonds is 3. The number of nitrogen functional groups attached to an aromatic ring is 1. The molecule has 1 rings (SSSR count). The Hall–Kier alpha value is -1.84. The number of anilines is 1. The third-order valence-electron chi connectivity index (χ3n) is 1.62. The molecule has 4 N–H and O–H groups in total. The van der Waals surface area contributed by atoms with Crippen LogP contribution in [0.2, 0.25) is 0 Å². The lowest BCUT2D eigenvalue weighted by Gasteiger charge is -1.98. The minimum absolute atomic E-state index is 0.218. The van der Waals surface area contributed by atoms with Gasteiger partial charge in [-0.15, -0.1) is 0 Å². The molecular formula is C10H13N3O. The van der Waals surface area contributed by atoms with Crippen molar-refractivity contribution in [3.63, 3.8) is 0 Å². The summed E-state index contributed by atoms with van der Waals surface area (Å²) in [6, 6.07) is 3.67. The Morgan fingerprint density at radius 3 is 2.86 bits per heavy atom. The van der Waals surface area contributed by atoms with Gasteiger partial charge in [0.15, 0.2) is 0 Å². The Morgan fingerprint density at radius 1 is 1.57 bits per heavy atom. The molecule has 0 unspecified atom stereocenters. The molecule has 0 aliphatic heterocycles. The van der Waals surface area contributed by atoms with Crippen LogP contribution in [0.25, 0.3) is 6.08 Å². The molecule has 1 amide bonds. The second kappa shape index (κ2) is 4.41. The Balaban J connectivity index is 2.76. The monoisotopic (exact) mass is 191 g/mol. The Kier molecular flexibility index (Phi) is 3.23. The second-order valence-electron chi connectivity index (χ2n) is 3.07. The number of nitrogens with two attached hydrogens (primary N) is 2. The van der Waals surface area contributed by atoms with E-state index in [-0.39, 0.29) is 12.3 Å². The van der Waals surface area contributed by atoms with Gasteiger partial charge in [0.1, 0.15) is 5.82 Å². The number of amides is 1. The van der Waals surface area contributed by atoms with Crippen LogP contribution in [0.1, 0.15) is 17.7 Å². The van der Waals surface area contributed by atoms with Crippen LogP contribution in [0.3, 0.4) is 0 Å². The summed E-state index contributed by atoms with van der Waals surface area (Å²) in [4.78, 5) is 14.5. The number of hydrogen-bond donors (Lipinski definition) is 2. The maximum atomic E-state index is 10.4. The van der Waals surface area contributed by atoms with Gasteiger partial charge in [-0.05, 0) is 30.7 Å². The van der Waals surface area contributed by atoms with E-state index in [1.165, 1.54) is 0 Å². The summed E-state index contributed by atoms with van der Waals surface area (Å²) >= 11 is 0. The van der Waals surface area contributed by atoms with E-state index in [9.17, 15) is 4.79 Å². The second-order valence-corrected chi connectivity index (χ2v) is 3.07. The maximum absolute atomic E-state index is 10.4. The van der Waals surface area contributed by atoms with Gasteiger partial charge in [-0.3, -0.25) is 4.79 Å². The zero-order valence-electron chi connectivity index (χ0n) is 8.03. The molecule has 74 valence electrons. The largest absolute Gasteiger partial charge is 0.384 e. The molecule has 14 heavy (non-hydrogen) atoms. The van der Waals surface area contributed by atoms with Crippen LogP contribution < -0.4 is 11.5 Å². The molecule has 1 aromatic heterocycles. The number of carbonyl (C=O) groups excluding carboxylic acids is 1. The number of primary amides is 1. The van der Waals surface area contributed by atoms with E-state index in [1.54, 1.807) is 18.2 Å². The molecule has 0 spiro atoms. The lowest BCUT2D eigenvalue weighted by atomic mass is 10.2. The van der Waals surface area contributed by atoms with Crippen molar-refractivity contribution in [3.05, 3.63) is 29.5 Å². The fourth-order valence-electron chi connectivity index (χ4n) is 1.10. The molecule has 0 aromatic carbocycles. The zero-order chi connectivity index (χ0) is 10.6. The fraction of sp³-hybridized carbons (Fsp3) is 0.200. The third kappa shape index (κ3) is 3.26. The molecule has 0 fully saturated rings. The highest BCUT2D eigenvalue weighted by atomic mass is 16.1. The lowest BCUT2D eigenvalue weighted by molar-refractivity contribution is -0.117. The zero-order valence-corrected chi connectivity index (χ0v) is 8.03. The minimum atomic E-state index is -0.359. The summed E-state index contributed by atoms with van der Waals surface area (Å²) < 4.78 is 0. The number of nitrogens with zero attached hydrogens (tertiary/aromatic N) is 1. The standard InChI is InChI=1S/C10H13N3O/c1-7-5-8(13-9(11)6-7)3-2-4-10(12)14/h2-3,5-6H,4H2,1H3,(H2,11,13)(H2,12,14). The van der Waals surface area contributed by atoms with E-state index in [0.717, 1.165) is 11.3 Å². The predicted octanol–water partition coefficient (Wildman–Crippen LogP) is 0.861. The van der Waals surface area contributed by atoms with E-state index >= 15 is 0 Å². The van der Waals surface area contributed by atoms with Gasteiger partial charge in [0.2, 0.25) is 5.91 Å². The van der Waals surface area contributed by atoms with Crippen LogP contribution in [-0.2, 0) is 4.79 Å². The predicted molar refractivity (Wildman–Crippen MR) is 56.2 cm³/mol. The molecule has 0 atom stereocenters. The van der Waals surface area contributed by atoms with E-state index in [2.05, 4.69) is 4.98 Å². The Bertz CT molecular complexity index is 351. The number of carbonyl (C=O) groups is 1. The number of aryl methyl sites for hydroxylation is 1. The first-order valence-electron chi connectivity index (χ1n) is 4.27. The summed E-state index contributed by atoms with van der Waals surface area (Å²) in [6.07, 6.45) is 3.62. The number of aromatic nitrogens is 1. The van der Waals surface area contributed by atoms with E-state index in [4.69, 9.17) is 11.5 Å². The van der Waals surface area contributed by atoms with Crippen molar-refractivity contribution in [2.75, 3.05) is 5.73 Å². The first-order valence-corrected chi connectivity index (χ1v) is 4.27. The molecule has 0 aliphatic carbocycles. The first-order chi connectivity index (χ1) is 6.58. The molecular weight excluding hydrogens is 178 g/mol. The summed E-state index contributed by atoms with van der Waals surface area (Å²) in [6.45, 7) is 1.93. The number of hydrogen-bond acceptors (Lipinski definition) is 3. The van der Waals surface area contributed by atoms with Crippen LogP contribution in [-0.4, -0.2) is 10.9 Å². The van der Waals surface area contributed by atoms with Crippen molar-refractivity contribution in [2.24, 2.45) is 5.73 Å². The molecule has 0 bridgehead atoms. The average molecular weight is 191 g/mol. The Morgan fingerprint density at radius 2 is 2.29 bits per heavy atom. The van der Waals surface area contributed by atoms with Crippen LogP contribution >= 0.6 is 0 Å². The molecule has 0 saturated heterocycles. The highest BCUT2D eigenvalue weighted by Crippen LogP contribution is 2.07. The molecule has 0 radical (unpaired) electrons. The molecule has 4 nitrogen and oxygen atoms in total. The van der Waals surface area contributed by atoms with E-state index < -0.39 is 0 Å². The maximum Gasteiger partial charge on any atom is 0.221 e. The molecule has 0 saturated carbocycles. The molecule has 0 aliphatic rings. The smallest absolute Gasteiger partial charge is 0.221 e. The van der Waals surface area contributed by atoms with Crippen molar-refractivity contribution < 1.29 is 4.79 Å². The van der Waals surface area contributed by atoms with Crippen molar-refractivity contribution in [1.82, 2.24) is 4.98 Å². The average Bonchev–Trinajstić information content (AvgIpc) is 2.01. The van der Waals surface area contributed by atoms with Gasteiger partial charge < -0.3 is 11.5 Å². The first kappa shape index (κ1) is 10.2. The highest BCUT2D eigenvalue weighted by molar-refractivity contribution is 5.76. The molecule has 1 heterocycles. The van der Waals surface area contributed by atoms with Crippen molar-refractivity contribution in [1.29, 1.82) is 0 Å². The third-order valence-corrected chi connectivity index (χ3v) is 1.62. The van der Waals surface area contributed by atoms with Gasteiger partial charge >= 0.3 is 0 Å². The van der Waals surface area contributed by atoms with E-state index in [1.807, 2.05) is 13.0 Å². The van der Waals surface area contributed by atoms with Gasteiger partial charge in [-0.25, -0.2) is 4.98 Å². The fourth-order valence-corrected chi connectivity index (χ4v) is 1.10. The van der Waals surface area contributed by atoms with Crippen LogP contribution in [0.15, 0.2) is 18.2 Å². The van der Waals surface area contributed by atoms with Crippen LogP contribution in [0, 0.1) is 6.92 Å². The molecule has 1 aromatic rings. The lowest BCUT2D eigenvalue weighted by Crippen LogP contribution is -2.07.